The van der Waals surface area contributed by atoms with E-state index in [0.717, 1.165) is 45.1 Å². The maximum Gasteiger partial charge on any atom is 0.416 e. The van der Waals surface area contributed by atoms with E-state index in [1.165, 1.54) is 30.0 Å². The fourth-order valence-corrected chi connectivity index (χ4v) is 4.72. The number of aromatic nitrogens is 2. The first-order valence-electron chi connectivity index (χ1n) is 10.2. The Morgan fingerprint density at radius 1 is 0.970 bits per heavy atom. The van der Waals surface area contributed by atoms with E-state index in [2.05, 4.69) is 6.07 Å². The molecule has 1 aliphatic heterocycles. The highest BCUT2D eigenvalue weighted by Gasteiger charge is 2.30. The zero-order chi connectivity index (χ0) is 23.2. The van der Waals surface area contributed by atoms with Gasteiger partial charge in [-0.3, -0.25) is 4.79 Å². The Morgan fingerprint density at radius 2 is 1.70 bits per heavy atom. The van der Waals surface area contributed by atoms with Gasteiger partial charge in [-0.05, 0) is 37.3 Å². The average Bonchev–Trinajstić information content (AvgIpc) is 3.26. The van der Waals surface area contributed by atoms with E-state index in [0.29, 0.717) is 5.03 Å². The smallest absolute Gasteiger partial charge is 0.289 e. The van der Waals surface area contributed by atoms with E-state index in [9.17, 15) is 18.0 Å². The third kappa shape index (κ3) is 4.12. The second kappa shape index (κ2) is 8.08. The van der Waals surface area contributed by atoms with Crippen LogP contribution in [-0.2, 0) is 6.18 Å². The Morgan fingerprint density at radius 3 is 2.39 bits per heavy atom. The van der Waals surface area contributed by atoms with Crippen molar-refractivity contribution in [2.45, 2.75) is 18.0 Å². The molecule has 5 rings (SSSR count). The maximum atomic E-state index is 12.9. The van der Waals surface area contributed by atoms with Gasteiger partial charge < -0.3 is 0 Å². The summed E-state index contributed by atoms with van der Waals surface area (Å²) in [6.07, 6.45) is -3.01. The molecule has 0 saturated carbocycles. The molecule has 164 valence electrons. The molecule has 0 unspecified atom stereocenters. The Kier molecular flexibility index (Phi) is 5.21. The Labute approximate surface area is 192 Å². The summed E-state index contributed by atoms with van der Waals surface area (Å²) in [7, 11) is 0. The van der Waals surface area contributed by atoms with Crippen molar-refractivity contribution in [3.8, 4) is 22.5 Å². The Bertz CT molecular complexity index is 1390. The lowest BCUT2D eigenvalue weighted by Crippen LogP contribution is -2.08. The maximum absolute atomic E-state index is 12.9. The lowest BCUT2D eigenvalue weighted by molar-refractivity contribution is -0.137. The first-order chi connectivity index (χ1) is 15.8. The van der Waals surface area contributed by atoms with E-state index >= 15 is 0 Å². The molecule has 1 aliphatic rings. The number of rotatable bonds is 3. The fraction of sp³-hybridized carbons (Fsp3) is 0.0769. The molecule has 0 atom stereocenters. The number of hydrogen-bond donors (Lipinski definition) is 0. The van der Waals surface area contributed by atoms with Gasteiger partial charge in [0.15, 0.2) is 5.78 Å². The lowest BCUT2D eigenvalue weighted by atomic mass is 10.1. The van der Waals surface area contributed by atoms with Crippen molar-refractivity contribution >= 4 is 22.6 Å². The molecule has 0 aliphatic carbocycles. The van der Waals surface area contributed by atoms with Crippen molar-refractivity contribution in [2.24, 2.45) is 0 Å². The zero-order valence-electron chi connectivity index (χ0n) is 17.4. The number of nitrogens with zero attached hydrogens (tertiary/aromatic N) is 2. The monoisotopic (exact) mass is 462 g/mol. The highest BCUT2D eigenvalue weighted by atomic mass is 32.2. The largest absolute Gasteiger partial charge is 0.416 e. The zero-order valence-corrected chi connectivity index (χ0v) is 18.2. The van der Waals surface area contributed by atoms with Gasteiger partial charge in [0.05, 0.1) is 17.0 Å². The van der Waals surface area contributed by atoms with Crippen molar-refractivity contribution in [1.29, 1.82) is 0 Å². The van der Waals surface area contributed by atoms with Crippen LogP contribution >= 0.6 is 11.8 Å². The molecule has 1 aromatic heterocycles. The van der Waals surface area contributed by atoms with E-state index in [1.54, 1.807) is 4.68 Å². The van der Waals surface area contributed by atoms with E-state index in [4.69, 9.17) is 5.10 Å². The number of alkyl halides is 3. The molecule has 0 bridgehead atoms. The number of hydrogen-bond acceptors (Lipinski definition) is 3. The van der Waals surface area contributed by atoms with Gasteiger partial charge >= 0.3 is 6.18 Å². The van der Waals surface area contributed by atoms with Crippen LogP contribution in [0.15, 0.2) is 89.8 Å². The number of allylic oxidation sites excluding steroid dienone is 1. The molecule has 0 radical (unpaired) electrons. The molecule has 3 nitrogen and oxygen atoms in total. The number of ketones is 1. The molecular formula is C26H17F3N2OS. The van der Waals surface area contributed by atoms with Gasteiger partial charge in [-0.1, -0.05) is 65.9 Å². The number of fused-ring (bicyclic) bond motifs is 3. The van der Waals surface area contributed by atoms with E-state index in [1.807, 2.05) is 55.5 Å². The predicted octanol–water partition coefficient (Wildman–Crippen LogP) is 7.33. The molecule has 0 N–H and O–H groups in total. The predicted molar refractivity (Wildman–Crippen MR) is 124 cm³/mol. The van der Waals surface area contributed by atoms with Crippen LogP contribution in [0.4, 0.5) is 13.2 Å². The summed E-state index contributed by atoms with van der Waals surface area (Å²) < 4.78 is 40.3. The van der Waals surface area contributed by atoms with Crippen molar-refractivity contribution in [2.75, 3.05) is 0 Å². The number of carbonyl (C=O) groups excluding carboxylic acids is 1. The van der Waals surface area contributed by atoms with Crippen LogP contribution in [-0.4, -0.2) is 15.6 Å². The Hall–Kier alpha value is -3.58. The number of aryl methyl sites for hydroxylation is 1. The third-order valence-electron chi connectivity index (χ3n) is 5.36. The quantitative estimate of drug-likeness (QED) is 0.236. The first-order valence-corrected chi connectivity index (χ1v) is 11.0. The highest BCUT2D eigenvalue weighted by Crippen LogP contribution is 2.45. The third-order valence-corrected chi connectivity index (χ3v) is 6.44. The topological polar surface area (TPSA) is 34.9 Å². The normalized spacial score (nSPS) is 14.1. The molecule has 7 heteroatoms. The van der Waals surface area contributed by atoms with Crippen LogP contribution in [0.2, 0.25) is 0 Å². The summed E-state index contributed by atoms with van der Waals surface area (Å²) >= 11 is 1.41. The van der Waals surface area contributed by atoms with Crippen LogP contribution in [0.1, 0.15) is 21.5 Å². The second-order valence-corrected chi connectivity index (χ2v) is 8.78. The summed E-state index contributed by atoms with van der Waals surface area (Å²) in [5, 5.41) is 5.34. The fourth-order valence-electron chi connectivity index (χ4n) is 3.69. The van der Waals surface area contributed by atoms with Crippen molar-refractivity contribution in [3.63, 3.8) is 0 Å². The summed E-state index contributed by atoms with van der Waals surface area (Å²) in [6.45, 7) is 2.02. The van der Waals surface area contributed by atoms with E-state index < -0.39 is 11.7 Å². The van der Waals surface area contributed by atoms with Gasteiger partial charge in [-0.15, -0.1) is 0 Å². The van der Waals surface area contributed by atoms with Gasteiger partial charge in [0.1, 0.15) is 5.03 Å². The molecule has 2 heterocycles. The minimum Gasteiger partial charge on any atom is -0.289 e. The summed E-state index contributed by atoms with van der Waals surface area (Å²) in [6, 6.07) is 22.1. The molecule has 33 heavy (non-hydrogen) atoms. The van der Waals surface area contributed by atoms with Gasteiger partial charge in [-0.2, -0.15) is 18.3 Å². The van der Waals surface area contributed by atoms with Gasteiger partial charge in [0.25, 0.3) is 0 Å². The van der Waals surface area contributed by atoms with Gasteiger partial charge in [-0.25, -0.2) is 4.68 Å². The van der Waals surface area contributed by atoms with Crippen LogP contribution in [0, 0.1) is 6.92 Å². The average molecular weight is 462 g/mol. The molecular weight excluding hydrogens is 445 g/mol. The van der Waals surface area contributed by atoms with Crippen molar-refractivity contribution in [3.05, 3.63) is 102 Å². The van der Waals surface area contributed by atoms with Gasteiger partial charge in [0, 0.05) is 27.7 Å². The summed E-state index contributed by atoms with van der Waals surface area (Å²) in [5.74, 6) is -0.385. The molecule has 0 amide bonds. The SMILES string of the molecule is Cc1ccc2c(c1)-c1cc(-c3ccccc3)nn1/C(=C/C(=O)c1ccc(C(F)(F)F)cc1)S2. The highest BCUT2D eigenvalue weighted by molar-refractivity contribution is 8.08. The molecule has 3 aromatic carbocycles. The summed E-state index contributed by atoms with van der Waals surface area (Å²) in [5.41, 5.74) is 4.11. The minimum atomic E-state index is -4.45. The van der Waals surface area contributed by atoms with Crippen LogP contribution in [0.25, 0.3) is 27.5 Å². The van der Waals surface area contributed by atoms with Crippen molar-refractivity contribution in [1.82, 2.24) is 9.78 Å². The van der Waals surface area contributed by atoms with Crippen molar-refractivity contribution < 1.29 is 18.0 Å². The molecule has 0 fully saturated rings. The number of thioether (sulfide) groups is 1. The number of carbonyl (C=O) groups is 1. The molecule has 0 saturated heterocycles. The van der Waals surface area contributed by atoms with Crippen LogP contribution in [0.3, 0.4) is 0 Å². The number of benzene rings is 3. The molecule has 4 aromatic rings. The van der Waals surface area contributed by atoms with Gasteiger partial charge in [0.2, 0.25) is 0 Å². The standard InChI is InChI=1S/C26H17F3N2OS/c1-16-7-12-24-20(13-16)22-14-21(17-5-3-2-4-6-17)30-31(22)25(33-24)15-23(32)18-8-10-19(11-9-18)26(27,28)29/h2-15H,1H3/b25-15-. The second-order valence-electron chi connectivity index (χ2n) is 7.72. The molecule has 0 spiro atoms. The first kappa shape index (κ1) is 21.3. The Balaban J connectivity index is 1.58. The van der Waals surface area contributed by atoms with Crippen LogP contribution in [0.5, 0.6) is 0 Å². The minimum absolute atomic E-state index is 0.183. The number of halogens is 3. The van der Waals surface area contributed by atoms with E-state index in [-0.39, 0.29) is 11.3 Å². The van der Waals surface area contributed by atoms with Crippen LogP contribution < -0.4 is 0 Å². The lowest BCUT2D eigenvalue weighted by Gasteiger charge is -2.20. The summed E-state index contributed by atoms with van der Waals surface area (Å²) in [4.78, 5) is 13.9.